The average Bonchev–Trinajstić information content (AvgIpc) is 2.22. The normalized spacial score (nSPS) is 10.1. The molecule has 0 aliphatic heterocycles. The van der Waals surface area contributed by atoms with Crippen LogP contribution in [-0.2, 0) is 6.54 Å². The van der Waals surface area contributed by atoms with E-state index < -0.39 is 0 Å². The third kappa shape index (κ3) is 2.95. The van der Waals surface area contributed by atoms with Crippen molar-refractivity contribution < 1.29 is 9.18 Å². The Bertz CT molecular complexity index is 379. The Morgan fingerprint density at radius 1 is 1.31 bits per heavy atom. The number of amides is 2. The van der Waals surface area contributed by atoms with Crippen LogP contribution in [0.2, 0.25) is 0 Å². The molecule has 1 aromatic carbocycles. The zero-order chi connectivity index (χ0) is 12.3. The second-order valence-corrected chi connectivity index (χ2v) is 4.10. The summed E-state index contributed by atoms with van der Waals surface area (Å²) >= 11 is 0. The maximum absolute atomic E-state index is 13.3. The molecule has 0 saturated heterocycles. The summed E-state index contributed by atoms with van der Waals surface area (Å²) in [6.45, 7) is 3.86. The first kappa shape index (κ1) is 12.5. The lowest BCUT2D eigenvalue weighted by Crippen LogP contribution is -2.33. The molecule has 3 nitrogen and oxygen atoms in total. The number of carbonyl (C=O) groups is 1. The highest BCUT2D eigenvalue weighted by Crippen LogP contribution is 2.14. The van der Waals surface area contributed by atoms with E-state index in [4.69, 9.17) is 0 Å². The van der Waals surface area contributed by atoms with E-state index >= 15 is 0 Å². The Morgan fingerprint density at radius 2 is 1.81 bits per heavy atom. The minimum Gasteiger partial charge on any atom is -0.334 e. The fourth-order valence-electron chi connectivity index (χ4n) is 1.47. The third-order valence-electron chi connectivity index (χ3n) is 2.35. The van der Waals surface area contributed by atoms with Gasteiger partial charge in [-0.1, -0.05) is 12.1 Å². The number of nitrogens with one attached hydrogen (secondary N) is 1. The van der Waals surface area contributed by atoms with Gasteiger partial charge in [-0.2, -0.15) is 0 Å². The van der Waals surface area contributed by atoms with Crippen molar-refractivity contribution in [2.24, 2.45) is 0 Å². The van der Waals surface area contributed by atoms with E-state index in [1.165, 1.54) is 4.90 Å². The van der Waals surface area contributed by atoms with Crippen molar-refractivity contribution in [2.75, 3.05) is 14.1 Å². The summed E-state index contributed by atoms with van der Waals surface area (Å²) in [5.74, 6) is -0.178. The van der Waals surface area contributed by atoms with Crippen molar-refractivity contribution >= 4 is 6.03 Å². The van der Waals surface area contributed by atoms with Crippen molar-refractivity contribution in [3.8, 4) is 0 Å². The highest BCUT2D eigenvalue weighted by molar-refractivity contribution is 5.73. The summed E-state index contributed by atoms with van der Waals surface area (Å²) in [7, 11) is 3.35. The highest BCUT2D eigenvalue weighted by Gasteiger charge is 2.06. The predicted octanol–water partition coefficient (Wildman–Crippen LogP) is 2.21. The Labute approximate surface area is 95.3 Å². The van der Waals surface area contributed by atoms with Gasteiger partial charge in [0.25, 0.3) is 0 Å². The van der Waals surface area contributed by atoms with Crippen LogP contribution in [0.25, 0.3) is 0 Å². The number of nitrogens with zero attached hydrogens (tertiary/aromatic N) is 1. The molecular formula is C12H17FN2O. The quantitative estimate of drug-likeness (QED) is 0.820. The van der Waals surface area contributed by atoms with Gasteiger partial charge >= 0.3 is 6.03 Å². The standard InChI is InChI=1S/C12H17FN2O/c1-8-5-10(6-9(2)11(8)13)7-14-12(16)15(3)4/h5-6H,7H2,1-4H3,(H,14,16). The zero-order valence-electron chi connectivity index (χ0n) is 10.1. The Morgan fingerprint density at radius 3 is 2.25 bits per heavy atom. The summed E-state index contributed by atoms with van der Waals surface area (Å²) in [6.07, 6.45) is 0. The van der Waals surface area contributed by atoms with Gasteiger partial charge in [0.2, 0.25) is 0 Å². The van der Waals surface area contributed by atoms with Crippen molar-refractivity contribution in [3.05, 3.63) is 34.6 Å². The van der Waals surface area contributed by atoms with Crippen molar-refractivity contribution in [2.45, 2.75) is 20.4 Å². The van der Waals surface area contributed by atoms with Crippen LogP contribution < -0.4 is 5.32 Å². The third-order valence-corrected chi connectivity index (χ3v) is 2.35. The average molecular weight is 224 g/mol. The lowest BCUT2D eigenvalue weighted by atomic mass is 10.1. The summed E-state index contributed by atoms with van der Waals surface area (Å²) < 4.78 is 13.3. The molecule has 1 rings (SSSR count). The largest absolute Gasteiger partial charge is 0.334 e. The van der Waals surface area contributed by atoms with Gasteiger partial charge < -0.3 is 10.2 Å². The smallest absolute Gasteiger partial charge is 0.317 e. The molecule has 0 unspecified atom stereocenters. The van der Waals surface area contributed by atoms with Gasteiger partial charge in [-0.25, -0.2) is 9.18 Å². The fourth-order valence-corrected chi connectivity index (χ4v) is 1.47. The summed E-state index contributed by atoms with van der Waals surface area (Å²) in [4.78, 5) is 12.8. The number of hydrogen-bond donors (Lipinski definition) is 1. The second kappa shape index (κ2) is 4.96. The molecule has 0 spiro atoms. The van der Waals surface area contributed by atoms with E-state index in [0.717, 1.165) is 5.56 Å². The molecule has 16 heavy (non-hydrogen) atoms. The van der Waals surface area contributed by atoms with Gasteiger partial charge in [0.1, 0.15) is 5.82 Å². The molecule has 0 aliphatic rings. The van der Waals surface area contributed by atoms with Gasteiger partial charge in [0, 0.05) is 20.6 Å². The molecule has 4 heteroatoms. The van der Waals surface area contributed by atoms with Gasteiger partial charge in [0.05, 0.1) is 0 Å². The van der Waals surface area contributed by atoms with E-state index in [-0.39, 0.29) is 11.8 Å². The van der Waals surface area contributed by atoms with Crippen LogP contribution in [0.1, 0.15) is 16.7 Å². The molecule has 0 fully saturated rings. The van der Waals surface area contributed by atoms with Crippen LogP contribution in [0.15, 0.2) is 12.1 Å². The summed E-state index contributed by atoms with van der Waals surface area (Å²) in [6, 6.07) is 3.34. The number of rotatable bonds is 2. The highest BCUT2D eigenvalue weighted by atomic mass is 19.1. The second-order valence-electron chi connectivity index (χ2n) is 4.10. The van der Waals surface area contributed by atoms with Crippen LogP contribution in [-0.4, -0.2) is 25.0 Å². The molecule has 1 N–H and O–H groups in total. The molecule has 1 aromatic rings. The van der Waals surface area contributed by atoms with Gasteiger partial charge in [0.15, 0.2) is 0 Å². The monoisotopic (exact) mass is 224 g/mol. The van der Waals surface area contributed by atoms with E-state index in [0.29, 0.717) is 17.7 Å². The first-order valence-corrected chi connectivity index (χ1v) is 5.12. The van der Waals surface area contributed by atoms with Gasteiger partial charge in [-0.15, -0.1) is 0 Å². The first-order chi connectivity index (χ1) is 7.41. The number of aryl methyl sites for hydroxylation is 2. The van der Waals surface area contributed by atoms with E-state index in [2.05, 4.69) is 5.32 Å². The van der Waals surface area contributed by atoms with Crippen molar-refractivity contribution in [1.82, 2.24) is 10.2 Å². The van der Waals surface area contributed by atoms with E-state index in [1.807, 2.05) is 0 Å². The van der Waals surface area contributed by atoms with Crippen LogP contribution in [0.5, 0.6) is 0 Å². The SMILES string of the molecule is Cc1cc(CNC(=O)N(C)C)cc(C)c1F. The lowest BCUT2D eigenvalue weighted by Gasteiger charge is -2.13. The maximum atomic E-state index is 13.3. The maximum Gasteiger partial charge on any atom is 0.317 e. The number of hydrogen-bond acceptors (Lipinski definition) is 1. The molecule has 0 heterocycles. The first-order valence-electron chi connectivity index (χ1n) is 5.12. The molecule has 88 valence electrons. The number of urea groups is 1. The molecule has 2 amide bonds. The predicted molar refractivity (Wildman–Crippen MR) is 61.8 cm³/mol. The summed E-state index contributed by atoms with van der Waals surface area (Å²) in [5, 5.41) is 2.74. The lowest BCUT2D eigenvalue weighted by molar-refractivity contribution is 0.217. The fraction of sp³-hybridized carbons (Fsp3) is 0.417. The number of halogens is 1. The Hall–Kier alpha value is -1.58. The van der Waals surface area contributed by atoms with Gasteiger partial charge in [-0.3, -0.25) is 0 Å². The number of carbonyl (C=O) groups excluding carboxylic acids is 1. The molecule has 0 atom stereocenters. The number of benzene rings is 1. The van der Waals surface area contributed by atoms with Crippen LogP contribution in [0, 0.1) is 19.7 Å². The molecule has 0 saturated carbocycles. The van der Waals surface area contributed by atoms with Crippen molar-refractivity contribution in [1.29, 1.82) is 0 Å². The minimum absolute atomic E-state index is 0.153. The molecule has 0 radical (unpaired) electrons. The molecule has 0 bridgehead atoms. The molecular weight excluding hydrogens is 207 g/mol. The van der Waals surface area contributed by atoms with Crippen LogP contribution >= 0.6 is 0 Å². The Kier molecular flexibility index (Phi) is 3.88. The minimum atomic E-state index is -0.178. The van der Waals surface area contributed by atoms with Crippen LogP contribution in [0.4, 0.5) is 9.18 Å². The van der Waals surface area contributed by atoms with Crippen molar-refractivity contribution in [3.63, 3.8) is 0 Å². The van der Waals surface area contributed by atoms with Crippen LogP contribution in [0.3, 0.4) is 0 Å². The zero-order valence-corrected chi connectivity index (χ0v) is 10.1. The van der Waals surface area contributed by atoms with E-state index in [9.17, 15) is 9.18 Å². The molecule has 0 aliphatic carbocycles. The van der Waals surface area contributed by atoms with E-state index in [1.54, 1.807) is 40.1 Å². The summed E-state index contributed by atoms with van der Waals surface area (Å²) in [5.41, 5.74) is 2.12. The Balaban J connectivity index is 2.72. The van der Waals surface area contributed by atoms with Gasteiger partial charge in [-0.05, 0) is 30.5 Å². The topological polar surface area (TPSA) is 32.3 Å². The molecule has 0 aromatic heterocycles.